The van der Waals surface area contributed by atoms with Gasteiger partial charge in [0, 0.05) is 4.60 Å². The first-order chi connectivity index (χ1) is 41.1. The molecule has 6 aliphatic heterocycles. The van der Waals surface area contributed by atoms with Gasteiger partial charge in [0.05, 0.1) is 108 Å². The first-order valence-electron chi connectivity index (χ1n) is 28.4. The molecule has 0 bridgehead atoms. The third-order valence-corrected chi connectivity index (χ3v) is 18.9. The summed E-state index contributed by atoms with van der Waals surface area (Å²) in [4.78, 5) is 18.0. The van der Waals surface area contributed by atoms with Crippen molar-refractivity contribution in [2.45, 2.75) is 62.6 Å². The van der Waals surface area contributed by atoms with Gasteiger partial charge < -0.3 is 75.6 Å². The van der Waals surface area contributed by atoms with Gasteiger partial charge in [-0.1, -0.05) is 97.1 Å². The summed E-state index contributed by atoms with van der Waals surface area (Å²) in [5, 5.41) is 0. The van der Waals surface area contributed by atoms with Crippen molar-refractivity contribution in [2.75, 3.05) is 99.1 Å². The predicted octanol–water partition coefficient (Wildman–Crippen LogP) is 10.7. The number of ether oxygens (including phenoxy) is 12. The molecular formula is C61H70N3O16P3. The van der Waals surface area contributed by atoms with Crippen molar-refractivity contribution in [3.8, 4) is 46.0 Å². The van der Waals surface area contributed by atoms with Crippen molar-refractivity contribution in [2.24, 2.45) is 0 Å². The monoisotopic (exact) mass is 1190 g/mol. The normalized spacial score (nSPS) is 22.7. The quantitative estimate of drug-likeness (QED) is 0.0221. The molecule has 22 heteroatoms. The third kappa shape index (κ3) is 18.0. The Morgan fingerprint density at radius 1 is 0.386 bits per heavy atom. The van der Waals surface area contributed by atoms with Crippen LogP contribution in [0.25, 0.3) is 0 Å². The maximum Gasteiger partial charge on any atom is 0.332 e. The van der Waals surface area contributed by atoms with E-state index in [9.17, 15) is 0 Å². The van der Waals surface area contributed by atoms with Crippen molar-refractivity contribution in [1.29, 1.82) is 0 Å². The smallest absolute Gasteiger partial charge is 0.332 e. The van der Waals surface area contributed by atoms with Crippen LogP contribution in [0.3, 0.4) is 0 Å². The molecule has 8 unspecified atom stereocenters. The fourth-order valence-electron chi connectivity index (χ4n) is 8.73. The van der Waals surface area contributed by atoms with Crippen LogP contribution in [0, 0.1) is 0 Å². The van der Waals surface area contributed by atoms with E-state index in [0.717, 1.165) is 54.2 Å². The van der Waals surface area contributed by atoms with E-state index in [1.807, 2.05) is 132 Å². The fourth-order valence-corrected chi connectivity index (χ4v) is 14.3. The highest BCUT2D eigenvalue weighted by atomic mass is 31.3. The van der Waals surface area contributed by atoms with Crippen molar-refractivity contribution >= 4 is 25.8 Å². The van der Waals surface area contributed by atoms with Crippen LogP contribution in [0.4, 0.5) is 0 Å². The Balaban J connectivity index is 0.895. The van der Waals surface area contributed by atoms with Gasteiger partial charge in [-0.25, -0.2) is 4.86 Å². The van der Waals surface area contributed by atoms with Crippen molar-refractivity contribution < 1.29 is 75.6 Å². The summed E-state index contributed by atoms with van der Waals surface area (Å²) in [6.07, 6.45) is 3.75. The highest BCUT2D eigenvalue weighted by molar-refractivity contribution is 7.74. The Morgan fingerprint density at radius 2 is 0.735 bits per heavy atom. The molecule has 6 aromatic carbocycles. The summed E-state index contributed by atoms with van der Waals surface area (Å²) in [6, 6.07) is 45.5. The maximum atomic E-state index is 7.36. The molecule has 0 amide bonds. The molecule has 83 heavy (non-hydrogen) atoms. The number of nitrogens with zero attached hydrogens (tertiary/aromatic N) is 2. The minimum absolute atomic E-state index is 0.139. The molecule has 6 heterocycles. The van der Waals surface area contributed by atoms with Crippen LogP contribution in [0.5, 0.6) is 46.0 Å². The molecule has 12 rings (SSSR count). The van der Waals surface area contributed by atoms with E-state index in [1.54, 1.807) is 4.60 Å². The van der Waals surface area contributed by atoms with Gasteiger partial charge in [0.25, 0.3) is 8.45 Å². The molecule has 0 spiro atoms. The lowest BCUT2D eigenvalue weighted by atomic mass is 10.1. The minimum Gasteiger partial charge on any atom is -0.453 e. The largest absolute Gasteiger partial charge is 0.453 e. The number of benzene rings is 6. The van der Waals surface area contributed by atoms with Gasteiger partial charge in [0.15, 0.2) is 23.0 Å². The van der Waals surface area contributed by atoms with E-state index in [2.05, 4.69) is 17.0 Å². The minimum atomic E-state index is -2.08. The van der Waals surface area contributed by atoms with Crippen molar-refractivity contribution in [1.82, 2.24) is 14.1 Å². The predicted molar refractivity (Wildman–Crippen MR) is 312 cm³/mol. The fraction of sp³-hybridized carbons (Fsp3) is 0.410. The van der Waals surface area contributed by atoms with Crippen LogP contribution in [0.2, 0.25) is 0 Å². The average molecular weight is 1190 g/mol. The number of rotatable bonds is 37. The zero-order chi connectivity index (χ0) is 55.8. The van der Waals surface area contributed by atoms with Crippen molar-refractivity contribution in [3.05, 3.63) is 167 Å². The van der Waals surface area contributed by atoms with Crippen LogP contribution < -0.4 is 33.1 Å². The zero-order valence-electron chi connectivity index (χ0n) is 46.1. The molecule has 0 saturated carbocycles. The summed E-state index contributed by atoms with van der Waals surface area (Å²) in [7, 11) is -4.28. The van der Waals surface area contributed by atoms with Gasteiger partial charge in [-0.05, 0) is 107 Å². The number of epoxide rings is 5. The Kier molecular flexibility index (Phi) is 20.9. The van der Waals surface area contributed by atoms with E-state index in [1.165, 1.54) is 0 Å². The summed E-state index contributed by atoms with van der Waals surface area (Å²) in [6.45, 7) is 8.77. The van der Waals surface area contributed by atoms with E-state index < -0.39 is 16.9 Å². The molecule has 6 aromatic rings. The molecule has 0 aromatic heterocycles. The first-order valence-corrected chi connectivity index (χ1v) is 31.7. The van der Waals surface area contributed by atoms with E-state index in [4.69, 9.17) is 75.6 Å². The Bertz CT molecular complexity index is 3010. The molecule has 8 atom stereocenters. The molecule has 6 fully saturated rings. The Morgan fingerprint density at radius 3 is 1.18 bits per heavy atom. The number of para-hydroxylation sites is 6. The highest BCUT2D eigenvalue weighted by Gasteiger charge is 2.47. The molecule has 0 aliphatic carbocycles. The zero-order valence-corrected chi connectivity index (χ0v) is 48.9. The Hall–Kier alpha value is -5.11. The topological polar surface area (TPSA) is 183 Å². The van der Waals surface area contributed by atoms with Crippen LogP contribution in [-0.4, -0.2) is 139 Å². The van der Waals surface area contributed by atoms with Crippen LogP contribution in [0.1, 0.15) is 27.8 Å². The third-order valence-electron chi connectivity index (χ3n) is 13.8. The molecule has 440 valence electrons. The molecular weight excluding hydrogens is 1120 g/mol. The standard InChI is InChI=1S/C61H70N3O16P3/c1-6-17-54(44(12-1)24-29-65-34-49-39-70-49)75-59-22-11-23-60(61(59)76-55-18-7-2-13-45(55)25-30-66-35-50-40-71-50)79-82-62-81-63(77-56-19-8-3-14-46(56)26-31-67-36-51-41-72-51)83(80-58-21-10-5-16-48(58)28-33-69-38-53-43-74-53)64(82)78-57-20-9-4-15-47(57)27-32-68-37-52-42-73-52/h1-23,49-53,62,81H,24-43H2. The second-order valence-electron chi connectivity index (χ2n) is 20.4. The van der Waals surface area contributed by atoms with Gasteiger partial charge in [-0.15, -0.1) is 0 Å². The average Bonchev–Trinajstić information content (AvgIpc) is 4.45. The van der Waals surface area contributed by atoms with Crippen LogP contribution >= 0.6 is 25.8 Å². The number of hydrogen-bond acceptors (Lipinski definition) is 19. The molecule has 0 radical (unpaired) electrons. The molecule has 6 aliphatic rings. The van der Waals surface area contributed by atoms with Crippen LogP contribution in [0.15, 0.2) is 140 Å². The summed E-state index contributed by atoms with van der Waals surface area (Å²) in [5.74, 6) is 4.30. The summed E-state index contributed by atoms with van der Waals surface area (Å²) >= 11 is 0. The van der Waals surface area contributed by atoms with Gasteiger partial charge in [0.2, 0.25) is 5.75 Å². The molecule has 6 saturated heterocycles. The second-order valence-corrected chi connectivity index (χ2v) is 25.1. The van der Waals surface area contributed by atoms with E-state index in [0.29, 0.717) is 151 Å². The van der Waals surface area contributed by atoms with E-state index >= 15 is 0 Å². The number of hydrogen-bond donors (Lipinski definition) is 1. The maximum absolute atomic E-state index is 7.36. The summed E-state index contributed by atoms with van der Waals surface area (Å²) < 4.78 is 89.6. The molecule has 1 N–H and O–H groups in total. The lowest BCUT2D eigenvalue weighted by Crippen LogP contribution is -2.37. The highest BCUT2D eigenvalue weighted by Crippen LogP contribution is 2.67. The van der Waals surface area contributed by atoms with Gasteiger partial charge in [-0.2, -0.15) is 0 Å². The van der Waals surface area contributed by atoms with Gasteiger partial charge in [-0.3, -0.25) is 0 Å². The van der Waals surface area contributed by atoms with Gasteiger partial charge >= 0.3 is 8.45 Å². The lowest BCUT2D eigenvalue weighted by molar-refractivity contribution is 0.0646. The van der Waals surface area contributed by atoms with E-state index in [-0.39, 0.29) is 39.4 Å². The van der Waals surface area contributed by atoms with Gasteiger partial charge in [0.1, 0.15) is 47.8 Å². The Labute approximate surface area is 488 Å². The summed E-state index contributed by atoms with van der Waals surface area (Å²) in [5.41, 5.74) is 4.74. The first kappa shape index (κ1) is 58.3. The second kappa shape index (κ2) is 29.8. The lowest BCUT2D eigenvalue weighted by Gasteiger charge is -2.42. The number of nitrogens with one attached hydrogen (secondary N) is 1. The van der Waals surface area contributed by atoms with Crippen LogP contribution in [-0.2, 0) is 79.5 Å². The molecule has 19 nitrogen and oxygen atoms in total. The van der Waals surface area contributed by atoms with Crippen molar-refractivity contribution in [3.63, 3.8) is 0 Å². The SMILES string of the molecule is c1ccc(Oc2cccc(OP3NPN(Oc4ccccc4CCOCC4CO4)P(Oc4ccccc4CCOCC4CO4)N3Oc3ccccc3CCOCC3CO3)c2Oc2ccccc2CCOCC2CO2)c(CCOCC2CO2)c1.